The molecule has 1 N–H and O–H groups in total. The fraction of sp³-hybridized carbons (Fsp3) is 0.143. The van der Waals surface area contributed by atoms with Crippen LogP contribution in [0.1, 0.15) is 11.1 Å². The summed E-state index contributed by atoms with van der Waals surface area (Å²) in [5, 5.41) is 3.67. The highest BCUT2D eigenvalue weighted by molar-refractivity contribution is 5.91. The molecule has 1 aliphatic heterocycles. The van der Waals surface area contributed by atoms with Crippen molar-refractivity contribution in [2.75, 3.05) is 14.2 Å². The number of methoxy groups -OCH3 is 2. The van der Waals surface area contributed by atoms with Crippen LogP contribution in [0, 0.1) is 0 Å². The molecule has 0 saturated carbocycles. The molecule has 4 aromatic rings. The normalized spacial score (nSPS) is 12.5. The molecular weight excluding hydrogens is 382 g/mol. The molecule has 0 aliphatic carbocycles. The van der Waals surface area contributed by atoms with Crippen LogP contribution in [0.4, 0.5) is 0 Å². The topological polar surface area (TPSA) is 30.5 Å². The largest absolute Gasteiger partial charge is 0.496 e. The Balaban J connectivity index is 1.84. The van der Waals surface area contributed by atoms with Crippen molar-refractivity contribution in [3.8, 4) is 44.9 Å². The van der Waals surface area contributed by atoms with Crippen LogP contribution in [0.3, 0.4) is 0 Å². The third kappa shape index (κ3) is 3.37. The van der Waals surface area contributed by atoms with E-state index in [9.17, 15) is 0 Å². The number of hydrogen-bond acceptors (Lipinski definition) is 3. The Morgan fingerprint density at radius 3 is 1.35 bits per heavy atom. The number of nitrogens with one attached hydrogen (secondary N) is 1. The van der Waals surface area contributed by atoms with E-state index in [1.165, 1.54) is 33.4 Å². The fourth-order valence-electron chi connectivity index (χ4n) is 4.60. The standard InChI is InChI=1S/C28H25NO2/c1-30-25-15-13-21(19-9-5-3-6-10-19)23-17-29-18-24-22(20-11-7-4-8-12-20)14-16-26(31-2)28(24)27(23)25/h3-16,29H,17-18H2,1-2H3. The maximum Gasteiger partial charge on any atom is 0.127 e. The summed E-state index contributed by atoms with van der Waals surface area (Å²) in [6.45, 7) is 1.51. The van der Waals surface area contributed by atoms with Crippen molar-refractivity contribution in [3.05, 3.63) is 96.1 Å². The van der Waals surface area contributed by atoms with Crippen molar-refractivity contribution in [1.29, 1.82) is 0 Å². The molecule has 0 radical (unpaired) electrons. The summed E-state index contributed by atoms with van der Waals surface area (Å²) in [6, 6.07) is 29.5. The average Bonchev–Trinajstić information content (AvgIpc) is 3.04. The zero-order valence-electron chi connectivity index (χ0n) is 17.8. The summed E-state index contributed by atoms with van der Waals surface area (Å²) in [7, 11) is 3.48. The van der Waals surface area contributed by atoms with E-state index in [4.69, 9.17) is 9.47 Å². The third-order valence-electron chi connectivity index (χ3n) is 6.01. The molecule has 3 heteroatoms. The highest BCUT2D eigenvalue weighted by Crippen LogP contribution is 2.48. The van der Waals surface area contributed by atoms with Gasteiger partial charge in [-0.1, -0.05) is 72.8 Å². The second-order valence-corrected chi connectivity index (χ2v) is 7.67. The fourth-order valence-corrected chi connectivity index (χ4v) is 4.60. The number of fused-ring (bicyclic) bond motifs is 3. The lowest BCUT2D eigenvalue weighted by Crippen LogP contribution is -2.12. The molecule has 1 heterocycles. The molecule has 31 heavy (non-hydrogen) atoms. The second kappa shape index (κ2) is 8.29. The quantitative estimate of drug-likeness (QED) is 0.430. The predicted molar refractivity (Wildman–Crippen MR) is 126 cm³/mol. The lowest BCUT2D eigenvalue weighted by molar-refractivity contribution is 0.410. The van der Waals surface area contributed by atoms with Gasteiger partial charge >= 0.3 is 0 Å². The molecule has 0 atom stereocenters. The van der Waals surface area contributed by atoms with Gasteiger partial charge in [-0.3, -0.25) is 0 Å². The van der Waals surface area contributed by atoms with Gasteiger partial charge in [-0.05, 0) is 45.5 Å². The van der Waals surface area contributed by atoms with Crippen LogP contribution in [0.5, 0.6) is 11.5 Å². The molecule has 0 aromatic heterocycles. The minimum absolute atomic E-state index is 0.753. The lowest BCUT2D eigenvalue weighted by atomic mass is 9.86. The van der Waals surface area contributed by atoms with Crippen LogP contribution < -0.4 is 14.8 Å². The van der Waals surface area contributed by atoms with Crippen LogP contribution >= 0.6 is 0 Å². The molecule has 154 valence electrons. The minimum Gasteiger partial charge on any atom is -0.496 e. The monoisotopic (exact) mass is 407 g/mol. The van der Waals surface area contributed by atoms with Crippen molar-refractivity contribution in [1.82, 2.24) is 5.32 Å². The van der Waals surface area contributed by atoms with Crippen molar-refractivity contribution < 1.29 is 9.47 Å². The number of rotatable bonds is 4. The van der Waals surface area contributed by atoms with Gasteiger partial charge in [-0.25, -0.2) is 0 Å². The van der Waals surface area contributed by atoms with E-state index in [0.717, 1.165) is 35.7 Å². The van der Waals surface area contributed by atoms with E-state index in [1.807, 2.05) is 0 Å². The van der Waals surface area contributed by atoms with Crippen molar-refractivity contribution >= 4 is 0 Å². The van der Waals surface area contributed by atoms with Crippen LogP contribution in [0.2, 0.25) is 0 Å². The van der Waals surface area contributed by atoms with Gasteiger partial charge in [0.05, 0.1) is 14.2 Å². The Morgan fingerprint density at radius 1 is 0.548 bits per heavy atom. The number of hydrogen-bond donors (Lipinski definition) is 1. The van der Waals surface area contributed by atoms with Gasteiger partial charge < -0.3 is 14.8 Å². The van der Waals surface area contributed by atoms with Gasteiger partial charge in [-0.2, -0.15) is 0 Å². The Kier molecular flexibility index (Phi) is 5.19. The first kappa shape index (κ1) is 19.4. The molecular formula is C28H25NO2. The van der Waals surface area contributed by atoms with Crippen molar-refractivity contribution in [2.24, 2.45) is 0 Å². The van der Waals surface area contributed by atoms with E-state index in [2.05, 4.69) is 90.2 Å². The minimum atomic E-state index is 0.753. The maximum absolute atomic E-state index is 5.88. The molecule has 0 saturated heterocycles. The molecule has 4 aromatic carbocycles. The molecule has 3 nitrogen and oxygen atoms in total. The SMILES string of the molecule is COc1ccc(-c2ccccc2)c2c1-c1c(OC)ccc(-c3ccccc3)c1CNC2. The summed E-state index contributed by atoms with van der Waals surface area (Å²) in [5.74, 6) is 1.73. The second-order valence-electron chi connectivity index (χ2n) is 7.67. The van der Waals surface area contributed by atoms with Crippen LogP contribution in [0.25, 0.3) is 33.4 Å². The molecule has 0 unspecified atom stereocenters. The van der Waals surface area contributed by atoms with Gasteiger partial charge in [0, 0.05) is 24.2 Å². The summed E-state index contributed by atoms with van der Waals surface area (Å²) in [6.07, 6.45) is 0. The van der Waals surface area contributed by atoms with E-state index in [-0.39, 0.29) is 0 Å². The maximum atomic E-state index is 5.88. The molecule has 5 rings (SSSR count). The Labute approximate surface area is 183 Å². The first-order valence-corrected chi connectivity index (χ1v) is 10.5. The first-order valence-electron chi connectivity index (χ1n) is 10.5. The highest BCUT2D eigenvalue weighted by Gasteiger charge is 2.26. The van der Waals surface area contributed by atoms with Crippen LogP contribution in [-0.2, 0) is 13.1 Å². The number of ether oxygens (including phenoxy) is 2. The first-order chi connectivity index (χ1) is 15.3. The van der Waals surface area contributed by atoms with Gasteiger partial charge in [0.25, 0.3) is 0 Å². The average molecular weight is 408 g/mol. The highest BCUT2D eigenvalue weighted by atomic mass is 16.5. The summed E-state index contributed by atoms with van der Waals surface area (Å²) in [5.41, 5.74) is 9.50. The third-order valence-corrected chi connectivity index (χ3v) is 6.01. The Bertz CT molecular complexity index is 1120. The smallest absolute Gasteiger partial charge is 0.127 e. The molecule has 0 fully saturated rings. The van der Waals surface area contributed by atoms with Crippen molar-refractivity contribution in [2.45, 2.75) is 13.1 Å². The Morgan fingerprint density at radius 2 is 0.968 bits per heavy atom. The zero-order valence-corrected chi connectivity index (χ0v) is 17.8. The molecule has 0 spiro atoms. The summed E-state index contributed by atoms with van der Waals surface area (Å²) < 4.78 is 11.8. The van der Waals surface area contributed by atoms with E-state index < -0.39 is 0 Å². The predicted octanol–water partition coefficient (Wildman–Crippen LogP) is 6.31. The summed E-state index contributed by atoms with van der Waals surface area (Å²) >= 11 is 0. The van der Waals surface area contributed by atoms with Gasteiger partial charge in [0.1, 0.15) is 11.5 Å². The van der Waals surface area contributed by atoms with Crippen LogP contribution in [-0.4, -0.2) is 14.2 Å². The number of benzene rings is 4. The zero-order chi connectivity index (χ0) is 21.2. The lowest BCUT2D eigenvalue weighted by Gasteiger charge is -2.21. The van der Waals surface area contributed by atoms with Gasteiger partial charge in [0.2, 0.25) is 0 Å². The molecule has 0 amide bonds. The summed E-state index contributed by atoms with van der Waals surface area (Å²) in [4.78, 5) is 0. The van der Waals surface area contributed by atoms with Crippen LogP contribution in [0.15, 0.2) is 84.9 Å². The molecule has 1 aliphatic rings. The van der Waals surface area contributed by atoms with E-state index >= 15 is 0 Å². The Hall–Kier alpha value is -3.56. The van der Waals surface area contributed by atoms with Crippen molar-refractivity contribution in [3.63, 3.8) is 0 Å². The van der Waals surface area contributed by atoms with E-state index in [0.29, 0.717) is 0 Å². The van der Waals surface area contributed by atoms with Gasteiger partial charge in [-0.15, -0.1) is 0 Å². The van der Waals surface area contributed by atoms with Gasteiger partial charge in [0.15, 0.2) is 0 Å². The van der Waals surface area contributed by atoms with E-state index in [1.54, 1.807) is 14.2 Å². The molecule has 0 bridgehead atoms.